The molecule has 0 aliphatic carbocycles. The third-order valence-corrected chi connectivity index (χ3v) is 2.30. The number of nitrogens with two attached hydrogens (primary N) is 1. The smallest absolute Gasteiger partial charge is 0.218 e. The van der Waals surface area contributed by atoms with Crippen molar-refractivity contribution < 1.29 is 4.74 Å². The molecular weight excluding hydrogens is 216 g/mol. The highest BCUT2D eigenvalue weighted by molar-refractivity contribution is 5.37. The van der Waals surface area contributed by atoms with Crippen molar-refractivity contribution >= 4 is 5.82 Å². The zero-order chi connectivity index (χ0) is 12.5. The Morgan fingerprint density at radius 1 is 1.35 bits per heavy atom. The molecule has 0 fully saturated rings. The van der Waals surface area contributed by atoms with Gasteiger partial charge in [-0.2, -0.15) is 0 Å². The van der Waals surface area contributed by atoms with E-state index in [2.05, 4.69) is 29.1 Å². The SMILES string of the molecule is CCCOc1cc(NCC(N)CCC)ncn1. The summed E-state index contributed by atoms with van der Waals surface area (Å²) in [6.45, 7) is 5.58. The molecule has 1 aromatic heterocycles. The van der Waals surface area contributed by atoms with Crippen LogP contribution in [0, 0.1) is 0 Å². The van der Waals surface area contributed by atoms with E-state index in [-0.39, 0.29) is 6.04 Å². The zero-order valence-corrected chi connectivity index (χ0v) is 10.6. The molecule has 1 aromatic rings. The predicted molar refractivity (Wildman–Crippen MR) is 69.2 cm³/mol. The molecule has 1 heterocycles. The van der Waals surface area contributed by atoms with E-state index in [0.29, 0.717) is 12.5 Å². The molecule has 1 atom stereocenters. The van der Waals surface area contributed by atoms with Gasteiger partial charge in [-0.25, -0.2) is 9.97 Å². The largest absolute Gasteiger partial charge is 0.478 e. The summed E-state index contributed by atoms with van der Waals surface area (Å²) in [6, 6.07) is 1.96. The highest BCUT2D eigenvalue weighted by Crippen LogP contribution is 2.11. The molecule has 0 spiro atoms. The minimum absolute atomic E-state index is 0.162. The molecule has 17 heavy (non-hydrogen) atoms. The van der Waals surface area contributed by atoms with Gasteiger partial charge in [0, 0.05) is 18.7 Å². The lowest BCUT2D eigenvalue weighted by Gasteiger charge is -2.12. The predicted octanol–water partition coefficient (Wildman–Crippen LogP) is 1.80. The first-order valence-electron chi connectivity index (χ1n) is 6.20. The summed E-state index contributed by atoms with van der Waals surface area (Å²) in [6.07, 6.45) is 4.57. The van der Waals surface area contributed by atoms with Crippen LogP contribution in [0.2, 0.25) is 0 Å². The van der Waals surface area contributed by atoms with Gasteiger partial charge in [0.25, 0.3) is 0 Å². The normalized spacial score (nSPS) is 12.2. The molecule has 0 aromatic carbocycles. The molecule has 0 aliphatic heterocycles. The molecule has 0 saturated carbocycles. The van der Waals surface area contributed by atoms with Crippen LogP contribution in [0.1, 0.15) is 33.1 Å². The minimum atomic E-state index is 0.162. The Morgan fingerprint density at radius 3 is 2.88 bits per heavy atom. The molecule has 1 unspecified atom stereocenters. The summed E-state index contributed by atoms with van der Waals surface area (Å²) in [5.74, 6) is 1.37. The fourth-order valence-corrected chi connectivity index (χ4v) is 1.43. The van der Waals surface area contributed by atoms with E-state index in [1.807, 2.05) is 0 Å². The van der Waals surface area contributed by atoms with Crippen molar-refractivity contribution in [2.45, 2.75) is 39.2 Å². The highest BCUT2D eigenvalue weighted by atomic mass is 16.5. The van der Waals surface area contributed by atoms with Crippen molar-refractivity contribution in [3.8, 4) is 5.88 Å². The first-order chi connectivity index (χ1) is 8.26. The van der Waals surface area contributed by atoms with Gasteiger partial charge in [-0.15, -0.1) is 0 Å². The minimum Gasteiger partial charge on any atom is -0.478 e. The van der Waals surface area contributed by atoms with Gasteiger partial charge in [0.15, 0.2) is 0 Å². The van der Waals surface area contributed by atoms with Crippen LogP contribution >= 0.6 is 0 Å². The van der Waals surface area contributed by atoms with Gasteiger partial charge < -0.3 is 15.8 Å². The van der Waals surface area contributed by atoms with Crippen LogP contribution in [-0.4, -0.2) is 29.2 Å². The van der Waals surface area contributed by atoms with Crippen LogP contribution in [0.3, 0.4) is 0 Å². The standard InChI is InChI=1S/C12H22N4O/c1-3-5-10(13)8-14-11-7-12(16-9-15-11)17-6-4-2/h7,9-10H,3-6,8,13H2,1-2H3,(H,14,15,16). The molecule has 96 valence electrons. The molecule has 0 radical (unpaired) electrons. The van der Waals surface area contributed by atoms with Crippen LogP contribution in [0.25, 0.3) is 0 Å². The van der Waals surface area contributed by atoms with Crippen molar-refractivity contribution in [2.24, 2.45) is 5.73 Å². The number of ether oxygens (including phenoxy) is 1. The molecular formula is C12H22N4O. The lowest BCUT2D eigenvalue weighted by Crippen LogP contribution is -2.28. The number of nitrogens with one attached hydrogen (secondary N) is 1. The number of aromatic nitrogens is 2. The number of rotatable bonds is 8. The first-order valence-corrected chi connectivity index (χ1v) is 6.20. The molecule has 0 amide bonds. The van der Waals surface area contributed by atoms with Gasteiger partial charge in [0.1, 0.15) is 12.1 Å². The summed E-state index contributed by atoms with van der Waals surface area (Å²) in [4.78, 5) is 8.16. The third-order valence-electron chi connectivity index (χ3n) is 2.30. The Balaban J connectivity index is 2.42. The van der Waals surface area contributed by atoms with Crippen LogP contribution in [0.4, 0.5) is 5.82 Å². The molecule has 3 N–H and O–H groups in total. The van der Waals surface area contributed by atoms with Crippen LogP contribution in [0.5, 0.6) is 5.88 Å². The van der Waals surface area contributed by atoms with E-state index >= 15 is 0 Å². The average molecular weight is 238 g/mol. The Labute approximate surface area is 103 Å². The van der Waals surface area contributed by atoms with Crippen molar-refractivity contribution in [3.63, 3.8) is 0 Å². The van der Waals surface area contributed by atoms with Crippen molar-refractivity contribution in [2.75, 3.05) is 18.5 Å². The van der Waals surface area contributed by atoms with Crippen LogP contribution < -0.4 is 15.8 Å². The summed E-state index contributed by atoms with van der Waals surface area (Å²) in [7, 11) is 0. The fraction of sp³-hybridized carbons (Fsp3) is 0.667. The molecule has 0 saturated heterocycles. The molecule has 0 bridgehead atoms. The Morgan fingerprint density at radius 2 is 2.18 bits per heavy atom. The second kappa shape index (κ2) is 7.84. The molecule has 5 nitrogen and oxygen atoms in total. The number of anilines is 1. The topological polar surface area (TPSA) is 73.1 Å². The van der Waals surface area contributed by atoms with Gasteiger partial charge in [-0.05, 0) is 12.8 Å². The fourth-order valence-electron chi connectivity index (χ4n) is 1.43. The molecule has 5 heteroatoms. The van der Waals surface area contributed by atoms with E-state index in [0.717, 1.165) is 31.6 Å². The number of nitrogens with zero attached hydrogens (tertiary/aromatic N) is 2. The monoisotopic (exact) mass is 238 g/mol. The van der Waals surface area contributed by atoms with Crippen LogP contribution in [0.15, 0.2) is 12.4 Å². The lowest BCUT2D eigenvalue weighted by molar-refractivity contribution is 0.305. The number of hydrogen-bond acceptors (Lipinski definition) is 5. The third kappa shape index (κ3) is 5.49. The maximum Gasteiger partial charge on any atom is 0.218 e. The maximum atomic E-state index is 5.91. The Bertz CT molecular complexity index is 319. The quantitative estimate of drug-likeness (QED) is 0.722. The average Bonchev–Trinajstić information content (AvgIpc) is 2.35. The second-order valence-electron chi connectivity index (χ2n) is 4.02. The summed E-state index contributed by atoms with van der Waals surface area (Å²) in [5, 5.41) is 3.19. The molecule has 0 aliphatic rings. The van der Waals surface area contributed by atoms with Gasteiger partial charge >= 0.3 is 0 Å². The summed E-state index contributed by atoms with van der Waals surface area (Å²) in [5.41, 5.74) is 5.91. The van der Waals surface area contributed by atoms with Gasteiger partial charge in [0.05, 0.1) is 6.61 Å². The van der Waals surface area contributed by atoms with Gasteiger partial charge in [0.2, 0.25) is 5.88 Å². The van der Waals surface area contributed by atoms with E-state index < -0.39 is 0 Å². The highest BCUT2D eigenvalue weighted by Gasteiger charge is 2.03. The van der Waals surface area contributed by atoms with E-state index in [1.165, 1.54) is 6.33 Å². The van der Waals surface area contributed by atoms with E-state index in [1.54, 1.807) is 6.07 Å². The first kappa shape index (κ1) is 13.7. The van der Waals surface area contributed by atoms with Crippen molar-refractivity contribution in [3.05, 3.63) is 12.4 Å². The van der Waals surface area contributed by atoms with E-state index in [4.69, 9.17) is 10.5 Å². The summed E-state index contributed by atoms with van der Waals surface area (Å²) < 4.78 is 5.43. The zero-order valence-electron chi connectivity index (χ0n) is 10.6. The summed E-state index contributed by atoms with van der Waals surface area (Å²) >= 11 is 0. The Kier molecular flexibility index (Phi) is 6.32. The molecule has 1 rings (SSSR count). The lowest BCUT2D eigenvalue weighted by atomic mass is 10.2. The second-order valence-corrected chi connectivity index (χ2v) is 4.02. The van der Waals surface area contributed by atoms with Gasteiger partial charge in [-0.1, -0.05) is 20.3 Å². The van der Waals surface area contributed by atoms with Crippen molar-refractivity contribution in [1.29, 1.82) is 0 Å². The number of hydrogen-bond donors (Lipinski definition) is 2. The van der Waals surface area contributed by atoms with Crippen LogP contribution in [-0.2, 0) is 0 Å². The maximum absolute atomic E-state index is 5.91. The van der Waals surface area contributed by atoms with E-state index in [9.17, 15) is 0 Å². The Hall–Kier alpha value is -1.36. The van der Waals surface area contributed by atoms with Gasteiger partial charge in [-0.3, -0.25) is 0 Å². The van der Waals surface area contributed by atoms with Crippen molar-refractivity contribution in [1.82, 2.24) is 9.97 Å².